The van der Waals surface area contributed by atoms with Gasteiger partial charge in [-0.1, -0.05) is 0 Å². The van der Waals surface area contributed by atoms with Crippen LogP contribution in [0.4, 0.5) is 28.2 Å². The average Bonchev–Trinajstić information content (AvgIpc) is 2.52. The van der Waals surface area contributed by atoms with Gasteiger partial charge in [-0.25, -0.2) is 14.2 Å². The quantitative estimate of drug-likeness (QED) is 0.771. The van der Waals surface area contributed by atoms with Gasteiger partial charge in [-0.15, -0.1) is 0 Å². The van der Waals surface area contributed by atoms with Crippen molar-refractivity contribution in [2.75, 3.05) is 18.9 Å². The molecule has 144 valence electrons. The summed E-state index contributed by atoms with van der Waals surface area (Å²) < 4.78 is 64.3. The van der Waals surface area contributed by atoms with E-state index in [4.69, 9.17) is 10.5 Å². The number of ether oxygens (including phenoxy) is 2. The number of carbonyl (C=O) groups excluding carboxylic acids is 1. The zero-order chi connectivity index (χ0) is 19.8. The Balaban J connectivity index is 2.56. The fourth-order valence-electron chi connectivity index (χ4n) is 2.32. The molecule has 2 heterocycles. The van der Waals surface area contributed by atoms with Crippen LogP contribution in [0.2, 0.25) is 0 Å². The van der Waals surface area contributed by atoms with Crippen LogP contribution >= 0.6 is 0 Å². The van der Waals surface area contributed by atoms with Gasteiger partial charge in [0, 0.05) is 0 Å². The lowest BCUT2D eigenvalue weighted by atomic mass is 9.93. The first kappa shape index (κ1) is 19.9. The van der Waals surface area contributed by atoms with Crippen molar-refractivity contribution < 1.29 is 31.8 Å². The van der Waals surface area contributed by atoms with E-state index in [-0.39, 0.29) is 18.1 Å². The molecule has 1 aliphatic rings. The highest BCUT2D eigenvalue weighted by molar-refractivity contribution is 6.01. The van der Waals surface area contributed by atoms with E-state index in [2.05, 4.69) is 14.7 Å². The predicted molar refractivity (Wildman–Crippen MR) is 84.0 cm³/mol. The minimum Gasteiger partial charge on any atom is -0.450 e. The number of rotatable bonds is 2. The summed E-state index contributed by atoms with van der Waals surface area (Å²) in [6.45, 7) is 2.81. The maximum atomic E-state index is 14.2. The van der Waals surface area contributed by atoms with Crippen molar-refractivity contribution in [2.45, 2.75) is 38.1 Å². The number of carbonyl (C=O) groups is 1. The van der Waals surface area contributed by atoms with Gasteiger partial charge in [0.2, 0.25) is 5.60 Å². The number of nitrogens with two attached hydrogens (primary N) is 1. The van der Waals surface area contributed by atoms with Crippen LogP contribution in [0.3, 0.4) is 0 Å². The number of aliphatic imine (C=N–C) groups is 1. The Morgan fingerprint density at radius 1 is 1.42 bits per heavy atom. The van der Waals surface area contributed by atoms with Gasteiger partial charge in [0.05, 0.1) is 13.2 Å². The number of amides is 1. The average molecular weight is 378 g/mol. The normalized spacial score (nSPS) is 26.2. The Kier molecular flexibility index (Phi) is 5.13. The molecule has 0 aliphatic carbocycles. The summed E-state index contributed by atoms with van der Waals surface area (Å²) in [5, 5.41) is 1.94. The van der Waals surface area contributed by atoms with Gasteiger partial charge in [0.25, 0.3) is 0 Å². The second-order valence-electron chi connectivity index (χ2n) is 5.97. The van der Waals surface area contributed by atoms with Crippen LogP contribution in [0.25, 0.3) is 0 Å². The number of nitrogens with one attached hydrogen (secondary N) is 1. The number of hydrogen-bond acceptors (Lipinski definition) is 6. The molecule has 1 amide bonds. The van der Waals surface area contributed by atoms with Gasteiger partial charge in [-0.3, -0.25) is 10.3 Å². The Morgan fingerprint density at radius 3 is 2.65 bits per heavy atom. The maximum Gasteiger partial charge on any atom is 0.424 e. The van der Waals surface area contributed by atoms with E-state index < -0.39 is 41.7 Å². The number of pyridine rings is 1. The molecule has 0 fully saturated rings. The van der Waals surface area contributed by atoms with Gasteiger partial charge < -0.3 is 15.2 Å². The van der Waals surface area contributed by atoms with E-state index in [1.54, 1.807) is 0 Å². The molecule has 0 unspecified atom stereocenters. The molecule has 1 aliphatic heterocycles. The molecule has 0 bridgehead atoms. The van der Waals surface area contributed by atoms with Crippen LogP contribution in [0, 0.1) is 5.82 Å². The third kappa shape index (κ3) is 3.57. The van der Waals surface area contributed by atoms with E-state index in [1.807, 2.05) is 5.32 Å². The Morgan fingerprint density at radius 2 is 2.08 bits per heavy atom. The first-order valence-electron chi connectivity index (χ1n) is 7.60. The van der Waals surface area contributed by atoms with E-state index >= 15 is 0 Å². The lowest BCUT2D eigenvalue weighted by molar-refractivity contribution is -0.250. The number of alkyl carbamates (subject to hydrolysis) is 1. The molecule has 2 rings (SSSR count). The molecular weight excluding hydrogens is 360 g/mol. The monoisotopic (exact) mass is 378 g/mol. The highest BCUT2D eigenvalue weighted by Gasteiger charge is 2.60. The van der Waals surface area contributed by atoms with Gasteiger partial charge in [-0.05, 0) is 32.9 Å². The number of amidine groups is 1. The topological polar surface area (TPSA) is 98.8 Å². The summed E-state index contributed by atoms with van der Waals surface area (Å²) >= 11 is 0. The third-order valence-corrected chi connectivity index (χ3v) is 3.87. The zero-order valence-corrected chi connectivity index (χ0v) is 14.3. The van der Waals surface area contributed by atoms with Gasteiger partial charge in [0.1, 0.15) is 28.7 Å². The second-order valence-corrected chi connectivity index (χ2v) is 5.97. The van der Waals surface area contributed by atoms with E-state index in [0.29, 0.717) is 6.92 Å². The number of hydrogen-bond donors (Lipinski definition) is 2. The van der Waals surface area contributed by atoms with E-state index in [1.165, 1.54) is 19.9 Å². The number of nitrogen functional groups attached to an aromatic ring is 1. The van der Waals surface area contributed by atoms with Crippen LogP contribution in [0.5, 0.6) is 0 Å². The van der Waals surface area contributed by atoms with Gasteiger partial charge in [-0.2, -0.15) is 13.2 Å². The van der Waals surface area contributed by atoms with Crippen molar-refractivity contribution >= 4 is 17.7 Å². The summed E-state index contributed by atoms with van der Waals surface area (Å²) in [6.07, 6.45) is -6.04. The Bertz CT molecular complexity index is 740. The minimum absolute atomic E-state index is 0.0399. The van der Waals surface area contributed by atoms with Crippen molar-refractivity contribution in [2.24, 2.45) is 4.99 Å². The third-order valence-electron chi connectivity index (χ3n) is 3.87. The van der Waals surface area contributed by atoms with Crippen molar-refractivity contribution in [1.29, 1.82) is 0 Å². The van der Waals surface area contributed by atoms with Gasteiger partial charge >= 0.3 is 12.3 Å². The van der Waals surface area contributed by atoms with Crippen LogP contribution in [-0.4, -0.2) is 41.9 Å². The summed E-state index contributed by atoms with van der Waals surface area (Å²) in [4.78, 5) is 19.4. The molecule has 26 heavy (non-hydrogen) atoms. The van der Waals surface area contributed by atoms with E-state index in [9.17, 15) is 22.4 Å². The Hall–Kier alpha value is -2.43. The molecule has 0 aromatic carbocycles. The standard InChI is InChI=1S/C15H18F4N4O3/c1-4-25-12(24)22-11-14(3,15(17,18)19)26-7-13(2,23-11)10-8(16)5-6-9(20)21-10/h5-6H,4,7H2,1-3H3,(H2,20,21)(H,22,23,24)/t13-,14-/m1/s1. The molecule has 1 aromatic rings. The highest BCUT2D eigenvalue weighted by atomic mass is 19.4. The van der Waals surface area contributed by atoms with Gasteiger partial charge in [0.15, 0.2) is 0 Å². The number of aromatic nitrogens is 1. The molecule has 0 radical (unpaired) electrons. The van der Waals surface area contributed by atoms with Crippen molar-refractivity contribution in [3.8, 4) is 0 Å². The van der Waals surface area contributed by atoms with Crippen LogP contribution in [0.1, 0.15) is 26.5 Å². The molecular formula is C15H18F4N4O3. The zero-order valence-electron chi connectivity index (χ0n) is 14.3. The van der Waals surface area contributed by atoms with Crippen LogP contribution < -0.4 is 11.1 Å². The molecule has 3 N–H and O–H groups in total. The van der Waals surface area contributed by atoms with E-state index in [0.717, 1.165) is 6.07 Å². The smallest absolute Gasteiger partial charge is 0.424 e. The summed E-state index contributed by atoms with van der Waals surface area (Å²) in [7, 11) is 0. The number of halogens is 4. The summed E-state index contributed by atoms with van der Waals surface area (Å²) in [6, 6.07) is 2.22. The summed E-state index contributed by atoms with van der Waals surface area (Å²) in [5.74, 6) is -1.72. The lowest BCUT2D eigenvalue weighted by Crippen LogP contribution is -2.62. The summed E-state index contributed by atoms with van der Waals surface area (Å²) in [5.41, 5.74) is 0.686. The van der Waals surface area contributed by atoms with Crippen LogP contribution in [-0.2, 0) is 15.0 Å². The predicted octanol–water partition coefficient (Wildman–Crippen LogP) is 2.51. The Labute approximate surface area is 146 Å². The first-order valence-corrected chi connectivity index (χ1v) is 7.60. The first-order chi connectivity index (χ1) is 11.9. The maximum absolute atomic E-state index is 14.2. The van der Waals surface area contributed by atoms with Crippen molar-refractivity contribution in [3.05, 3.63) is 23.6 Å². The molecule has 0 saturated carbocycles. The molecule has 2 atom stereocenters. The fourth-order valence-corrected chi connectivity index (χ4v) is 2.32. The highest BCUT2D eigenvalue weighted by Crippen LogP contribution is 2.41. The molecule has 0 spiro atoms. The number of anilines is 1. The van der Waals surface area contributed by atoms with Crippen molar-refractivity contribution in [1.82, 2.24) is 10.3 Å². The minimum atomic E-state index is -4.89. The SMILES string of the molecule is CCOC(=O)NC1=N[C@@](C)(c2nc(N)ccc2F)CO[C@@]1(C)C(F)(F)F. The second kappa shape index (κ2) is 6.71. The van der Waals surface area contributed by atoms with Crippen molar-refractivity contribution in [3.63, 3.8) is 0 Å². The largest absolute Gasteiger partial charge is 0.450 e. The molecule has 0 saturated heterocycles. The molecule has 7 nitrogen and oxygen atoms in total. The lowest BCUT2D eigenvalue weighted by Gasteiger charge is -2.41. The number of alkyl halides is 3. The fraction of sp³-hybridized carbons (Fsp3) is 0.533. The number of nitrogens with zero attached hydrogens (tertiary/aromatic N) is 2. The molecule has 1 aromatic heterocycles. The molecule has 11 heteroatoms. The van der Waals surface area contributed by atoms with Crippen LogP contribution in [0.15, 0.2) is 17.1 Å².